The number of fused-ring (bicyclic) bond motifs is 1. The van der Waals surface area contributed by atoms with E-state index in [2.05, 4.69) is 30.9 Å². The molecular formula is C14H17N3OS. The zero-order chi connectivity index (χ0) is 14.0. The molecule has 0 fully saturated rings. The molecule has 0 radical (unpaired) electrons. The minimum absolute atomic E-state index is 0.0224. The molecule has 3 N–H and O–H groups in total. The van der Waals surface area contributed by atoms with Gasteiger partial charge in [0.1, 0.15) is 0 Å². The quantitative estimate of drug-likeness (QED) is 0.290. The van der Waals surface area contributed by atoms with Crippen molar-refractivity contribution in [2.24, 2.45) is 10.9 Å². The first-order valence-corrected chi connectivity index (χ1v) is 6.78. The van der Waals surface area contributed by atoms with Crippen molar-refractivity contribution in [3.05, 3.63) is 36.0 Å². The molecule has 4 nitrogen and oxygen atoms in total. The van der Waals surface area contributed by atoms with Gasteiger partial charge in [0.25, 0.3) is 0 Å². The number of pyridine rings is 1. The largest absolute Gasteiger partial charge is 0.409 e. The smallest absolute Gasteiger partial charge is 0.172 e. The summed E-state index contributed by atoms with van der Waals surface area (Å²) in [7, 11) is 0. The Hall–Kier alpha value is -1.75. The van der Waals surface area contributed by atoms with Crippen molar-refractivity contribution in [2.45, 2.75) is 30.4 Å². The van der Waals surface area contributed by atoms with E-state index in [0.717, 1.165) is 15.8 Å². The molecule has 0 aliphatic heterocycles. The molecule has 0 atom stereocenters. The Morgan fingerprint density at radius 2 is 2.00 bits per heavy atom. The fraction of sp³-hybridized carbons (Fsp3) is 0.286. The molecule has 0 amide bonds. The van der Waals surface area contributed by atoms with Crippen molar-refractivity contribution in [2.75, 3.05) is 0 Å². The maximum atomic E-state index is 8.91. The second-order valence-corrected chi connectivity index (χ2v) is 7.05. The Balaban J connectivity index is 2.72. The van der Waals surface area contributed by atoms with Gasteiger partial charge in [-0.1, -0.05) is 44.1 Å². The fourth-order valence-corrected chi connectivity index (χ4v) is 2.93. The molecule has 2 rings (SSSR count). The molecule has 1 aromatic carbocycles. The van der Waals surface area contributed by atoms with E-state index in [0.29, 0.717) is 5.56 Å². The monoisotopic (exact) mass is 275 g/mol. The number of hydrogen-bond acceptors (Lipinski definition) is 4. The second kappa shape index (κ2) is 5.09. The molecule has 0 saturated carbocycles. The van der Waals surface area contributed by atoms with Crippen LogP contribution < -0.4 is 5.73 Å². The van der Waals surface area contributed by atoms with E-state index in [1.807, 2.05) is 24.3 Å². The number of amidine groups is 1. The lowest BCUT2D eigenvalue weighted by Gasteiger charge is -2.20. The first-order valence-electron chi connectivity index (χ1n) is 5.97. The van der Waals surface area contributed by atoms with E-state index in [9.17, 15) is 0 Å². The van der Waals surface area contributed by atoms with E-state index in [-0.39, 0.29) is 10.6 Å². The number of rotatable bonds is 2. The van der Waals surface area contributed by atoms with Crippen LogP contribution in [-0.4, -0.2) is 20.8 Å². The summed E-state index contributed by atoms with van der Waals surface area (Å²) in [6, 6.07) is 7.87. The van der Waals surface area contributed by atoms with Crippen molar-refractivity contribution in [3.8, 4) is 0 Å². The van der Waals surface area contributed by atoms with Gasteiger partial charge in [0.2, 0.25) is 0 Å². The van der Waals surface area contributed by atoms with Crippen molar-refractivity contribution in [1.29, 1.82) is 0 Å². The van der Waals surface area contributed by atoms with Gasteiger partial charge in [-0.15, -0.1) is 11.8 Å². The molecule has 0 spiro atoms. The number of para-hydroxylation sites is 1. The zero-order valence-electron chi connectivity index (χ0n) is 11.2. The van der Waals surface area contributed by atoms with Gasteiger partial charge in [-0.3, -0.25) is 4.98 Å². The predicted octanol–water partition coefficient (Wildman–Crippen LogP) is 3.22. The SMILES string of the molecule is CC(C)(C)Sc1c(/C(N)=N/O)cnc2ccccc12. The summed E-state index contributed by atoms with van der Waals surface area (Å²) in [5.41, 5.74) is 7.33. The van der Waals surface area contributed by atoms with Crippen LogP contribution in [0, 0.1) is 0 Å². The molecule has 0 unspecified atom stereocenters. The van der Waals surface area contributed by atoms with Gasteiger partial charge in [0, 0.05) is 21.2 Å². The van der Waals surface area contributed by atoms with Gasteiger partial charge in [-0.25, -0.2) is 0 Å². The Morgan fingerprint density at radius 1 is 1.32 bits per heavy atom. The van der Waals surface area contributed by atoms with Crippen LogP contribution in [0.4, 0.5) is 0 Å². The highest BCUT2D eigenvalue weighted by Gasteiger charge is 2.19. The third kappa shape index (κ3) is 2.98. The number of aromatic nitrogens is 1. The van der Waals surface area contributed by atoms with E-state index in [1.54, 1.807) is 18.0 Å². The minimum atomic E-state index is 0.0224. The molecule has 1 heterocycles. The summed E-state index contributed by atoms with van der Waals surface area (Å²) >= 11 is 1.69. The summed E-state index contributed by atoms with van der Waals surface area (Å²) in [6.45, 7) is 6.38. The van der Waals surface area contributed by atoms with Crippen molar-refractivity contribution in [1.82, 2.24) is 4.98 Å². The molecule has 0 saturated heterocycles. The number of hydrogen-bond donors (Lipinski definition) is 2. The average molecular weight is 275 g/mol. The summed E-state index contributed by atoms with van der Waals surface area (Å²) in [4.78, 5) is 5.35. The molecule has 100 valence electrons. The fourth-order valence-electron chi connectivity index (χ4n) is 1.77. The highest BCUT2D eigenvalue weighted by atomic mass is 32.2. The Bertz CT molecular complexity index is 632. The molecule has 5 heteroatoms. The standard InChI is InChI=1S/C14H17N3OS/c1-14(2,3)19-12-9-6-4-5-7-11(9)16-8-10(12)13(15)17-18/h4-8,18H,1-3H3,(H2,15,17). The first-order chi connectivity index (χ1) is 8.92. The lowest BCUT2D eigenvalue weighted by atomic mass is 10.1. The Morgan fingerprint density at radius 3 is 2.63 bits per heavy atom. The summed E-state index contributed by atoms with van der Waals surface area (Å²) in [6.07, 6.45) is 1.66. The first kappa shape index (κ1) is 13.7. The van der Waals surface area contributed by atoms with Crippen LogP contribution in [0.5, 0.6) is 0 Å². The van der Waals surface area contributed by atoms with Crippen LogP contribution in [0.15, 0.2) is 40.5 Å². The van der Waals surface area contributed by atoms with Gasteiger partial charge >= 0.3 is 0 Å². The molecule has 19 heavy (non-hydrogen) atoms. The Labute approximate surface area is 116 Å². The van der Waals surface area contributed by atoms with E-state index in [4.69, 9.17) is 10.9 Å². The Kier molecular flexibility index (Phi) is 3.66. The highest BCUT2D eigenvalue weighted by molar-refractivity contribution is 8.00. The van der Waals surface area contributed by atoms with Crippen LogP contribution in [0.25, 0.3) is 10.9 Å². The van der Waals surface area contributed by atoms with Crippen LogP contribution >= 0.6 is 11.8 Å². The molecule has 0 aliphatic rings. The molecule has 2 aromatic rings. The predicted molar refractivity (Wildman–Crippen MR) is 79.9 cm³/mol. The lowest BCUT2D eigenvalue weighted by Crippen LogP contribution is -2.17. The van der Waals surface area contributed by atoms with Crippen LogP contribution in [0.2, 0.25) is 0 Å². The van der Waals surface area contributed by atoms with Crippen LogP contribution in [-0.2, 0) is 0 Å². The number of nitrogens with two attached hydrogens (primary N) is 1. The van der Waals surface area contributed by atoms with Crippen LogP contribution in [0.3, 0.4) is 0 Å². The van der Waals surface area contributed by atoms with Crippen molar-refractivity contribution < 1.29 is 5.21 Å². The summed E-state index contributed by atoms with van der Waals surface area (Å²) in [5, 5.41) is 13.0. The third-order valence-corrected chi connectivity index (χ3v) is 3.77. The number of oxime groups is 1. The van der Waals surface area contributed by atoms with E-state index < -0.39 is 0 Å². The van der Waals surface area contributed by atoms with E-state index >= 15 is 0 Å². The average Bonchev–Trinajstić information content (AvgIpc) is 2.36. The van der Waals surface area contributed by atoms with Crippen molar-refractivity contribution >= 4 is 28.5 Å². The number of thioether (sulfide) groups is 1. The molecule has 0 bridgehead atoms. The number of benzene rings is 1. The van der Waals surface area contributed by atoms with Gasteiger partial charge in [0.15, 0.2) is 5.84 Å². The van der Waals surface area contributed by atoms with Gasteiger partial charge < -0.3 is 10.9 Å². The lowest BCUT2D eigenvalue weighted by molar-refractivity contribution is 0.318. The summed E-state index contributed by atoms with van der Waals surface area (Å²) < 4.78 is 0.0224. The van der Waals surface area contributed by atoms with Crippen LogP contribution in [0.1, 0.15) is 26.3 Å². The van der Waals surface area contributed by atoms with Crippen molar-refractivity contribution in [3.63, 3.8) is 0 Å². The topological polar surface area (TPSA) is 71.5 Å². The number of nitrogens with zero attached hydrogens (tertiary/aromatic N) is 2. The second-order valence-electron chi connectivity index (χ2n) is 5.22. The highest BCUT2D eigenvalue weighted by Crippen LogP contribution is 2.38. The minimum Gasteiger partial charge on any atom is -0.409 e. The maximum Gasteiger partial charge on any atom is 0.172 e. The normalized spacial score (nSPS) is 12.9. The molecule has 0 aliphatic carbocycles. The maximum absolute atomic E-state index is 8.91. The van der Waals surface area contributed by atoms with Gasteiger partial charge in [0.05, 0.1) is 11.1 Å². The zero-order valence-corrected chi connectivity index (χ0v) is 12.0. The summed E-state index contributed by atoms with van der Waals surface area (Å²) in [5.74, 6) is 0.0880. The molecular weight excluding hydrogens is 258 g/mol. The van der Waals surface area contributed by atoms with Gasteiger partial charge in [-0.2, -0.15) is 0 Å². The molecule has 1 aromatic heterocycles. The van der Waals surface area contributed by atoms with E-state index in [1.165, 1.54) is 0 Å². The van der Waals surface area contributed by atoms with Gasteiger partial charge in [-0.05, 0) is 6.07 Å². The third-order valence-electron chi connectivity index (χ3n) is 2.52.